The molecule has 2 rings (SSSR count). The van der Waals surface area contributed by atoms with Crippen LogP contribution in [0.2, 0.25) is 0 Å². The van der Waals surface area contributed by atoms with Gasteiger partial charge in [0.15, 0.2) is 11.5 Å². The lowest BCUT2D eigenvalue weighted by Crippen LogP contribution is -2.39. The van der Waals surface area contributed by atoms with Crippen LogP contribution in [0.5, 0.6) is 0 Å². The van der Waals surface area contributed by atoms with Crippen molar-refractivity contribution in [3.8, 4) is 0 Å². The summed E-state index contributed by atoms with van der Waals surface area (Å²) in [5.74, 6) is 1.51. The maximum Gasteiger partial charge on any atom is 0.182 e. The minimum Gasteiger partial charge on any atom is -0.358 e. The molecule has 7 nitrogen and oxygen atoms in total. The summed E-state index contributed by atoms with van der Waals surface area (Å²) in [4.78, 5) is 20.1. The molecular weight excluding hydrogens is 314 g/mol. The number of aliphatic imine (C=N–C) groups is 1. The van der Waals surface area contributed by atoms with Crippen LogP contribution in [0.3, 0.4) is 0 Å². The number of hydrogen-bond donors (Lipinski definition) is 3. The predicted molar refractivity (Wildman–Crippen MR) is 104 cm³/mol. The van der Waals surface area contributed by atoms with Gasteiger partial charge in [0.2, 0.25) is 0 Å². The fourth-order valence-electron chi connectivity index (χ4n) is 2.32. The molecule has 132 valence electrons. The number of H-pyrrole nitrogens is 1. The fourth-order valence-corrected chi connectivity index (χ4v) is 2.32. The van der Waals surface area contributed by atoms with E-state index in [9.17, 15) is 0 Å². The normalized spacial score (nSPS) is 14.1. The first kappa shape index (κ1) is 18.4. The van der Waals surface area contributed by atoms with E-state index in [0.717, 1.165) is 29.0 Å². The number of allylic oxidation sites excluding steroid dienone is 4. The molecule has 0 bridgehead atoms. The summed E-state index contributed by atoms with van der Waals surface area (Å²) in [6.07, 6.45) is 9.86. The summed E-state index contributed by atoms with van der Waals surface area (Å²) in [7, 11) is 1.77. The molecule has 7 heteroatoms. The first-order valence-corrected chi connectivity index (χ1v) is 8.23. The molecular formula is C18H25N7. The monoisotopic (exact) mass is 339 g/mol. The molecule has 2 aromatic rings. The van der Waals surface area contributed by atoms with E-state index >= 15 is 0 Å². The Morgan fingerprint density at radius 2 is 2.20 bits per heavy atom. The Labute approximate surface area is 148 Å². The van der Waals surface area contributed by atoms with Crippen molar-refractivity contribution in [1.29, 1.82) is 0 Å². The number of aromatic nitrogens is 4. The number of amidine groups is 1. The van der Waals surface area contributed by atoms with Crippen LogP contribution in [0, 0.1) is 0 Å². The van der Waals surface area contributed by atoms with Gasteiger partial charge < -0.3 is 15.6 Å². The summed E-state index contributed by atoms with van der Waals surface area (Å²) in [6, 6.07) is -0.0419. The molecule has 0 saturated heterocycles. The molecule has 2 aromatic heterocycles. The highest BCUT2D eigenvalue weighted by Gasteiger charge is 2.17. The standard InChI is InChI=1S/C18H25N7/c1-6-8-9-14(12(3)4)25-16(19-5)13(7-2)24-18-15-17(21-10-20-15)22-11-23-18/h6,8-11,13H,3,7H2,1-2,4-5H3,(H,19,25)(H2,20,21,22,23,24)/b8-6-,14-9+. The third-order valence-corrected chi connectivity index (χ3v) is 3.69. The Hall–Kier alpha value is -2.96. The van der Waals surface area contributed by atoms with Crippen LogP contribution in [0.1, 0.15) is 27.2 Å². The average molecular weight is 339 g/mol. The maximum absolute atomic E-state index is 4.42. The van der Waals surface area contributed by atoms with Crippen LogP contribution in [-0.4, -0.2) is 38.9 Å². The average Bonchev–Trinajstić information content (AvgIpc) is 3.09. The Morgan fingerprint density at radius 1 is 1.40 bits per heavy atom. The van der Waals surface area contributed by atoms with E-state index in [-0.39, 0.29) is 6.04 Å². The largest absolute Gasteiger partial charge is 0.358 e. The maximum atomic E-state index is 4.42. The van der Waals surface area contributed by atoms with Crippen molar-refractivity contribution in [3.63, 3.8) is 0 Å². The van der Waals surface area contributed by atoms with Crippen LogP contribution in [0.4, 0.5) is 5.82 Å². The van der Waals surface area contributed by atoms with Crippen LogP contribution < -0.4 is 10.6 Å². The summed E-state index contributed by atoms with van der Waals surface area (Å²) < 4.78 is 0. The second-order valence-electron chi connectivity index (χ2n) is 5.55. The Morgan fingerprint density at radius 3 is 2.84 bits per heavy atom. The third-order valence-electron chi connectivity index (χ3n) is 3.69. The molecule has 0 fully saturated rings. The van der Waals surface area contributed by atoms with Crippen molar-refractivity contribution in [2.24, 2.45) is 4.99 Å². The van der Waals surface area contributed by atoms with Gasteiger partial charge in [0.25, 0.3) is 0 Å². The van der Waals surface area contributed by atoms with Gasteiger partial charge in [0.05, 0.1) is 12.4 Å². The molecule has 0 saturated carbocycles. The summed E-state index contributed by atoms with van der Waals surface area (Å²) in [6.45, 7) is 10.0. The first-order valence-electron chi connectivity index (χ1n) is 8.23. The predicted octanol–water partition coefficient (Wildman–Crippen LogP) is 3.20. The van der Waals surface area contributed by atoms with Crippen LogP contribution >= 0.6 is 0 Å². The van der Waals surface area contributed by atoms with Gasteiger partial charge >= 0.3 is 0 Å². The van der Waals surface area contributed by atoms with Crippen molar-refractivity contribution >= 4 is 22.8 Å². The number of fused-ring (bicyclic) bond motifs is 1. The van der Waals surface area contributed by atoms with E-state index in [1.54, 1.807) is 13.4 Å². The third kappa shape index (κ3) is 4.53. The van der Waals surface area contributed by atoms with Gasteiger partial charge in [-0.3, -0.25) is 4.99 Å². The van der Waals surface area contributed by atoms with Crippen molar-refractivity contribution < 1.29 is 0 Å². The highest BCUT2D eigenvalue weighted by atomic mass is 15.1. The van der Waals surface area contributed by atoms with Gasteiger partial charge in [-0.2, -0.15) is 0 Å². The van der Waals surface area contributed by atoms with Crippen molar-refractivity contribution in [2.75, 3.05) is 12.4 Å². The number of rotatable bonds is 7. The van der Waals surface area contributed by atoms with Gasteiger partial charge in [-0.1, -0.05) is 25.7 Å². The van der Waals surface area contributed by atoms with Gasteiger partial charge in [0.1, 0.15) is 17.7 Å². The smallest absolute Gasteiger partial charge is 0.182 e. The molecule has 25 heavy (non-hydrogen) atoms. The zero-order valence-electron chi connectivity index (χ0n) is 15.2. The number of nitrogens with one attached hydrogen (secondary N) is 3. The van der Waals surface area contributed by atoms with Crippen molar-refractivity contribution in [2.45, 2.75) is 33.2 Å². The van der Waals surface area contributed by atoms with Crippen molar-refractivity contribution in [3.05, 3.63) is 48.7 Å². The first-order chi connectivity index (χ1) is 12.1. The van der Waals surface area contributed by atoms with Gasteiger partial charge in [-0.15, -0.1) is 0 Å². The summed E-state index contributed by atoms with van der Waals surface area (Å²) in [5.41, 5.74) is 3.27. The van der Waals surface area contributed by atoms with Crippen molar-refractivity contribution in [1.82, 2.24) is 25.3 Å². The highest BCUT2D eigenvalue weighted by Crippen LogP contribution is 2.17. The Balaban J connectivity index is 2.25. The van der Waals surface area contributed by atoms with Crippen LogP contribution in [-0.2, 0) is 0 Å². The molecule has 0 radical (unpaired) electrons. The lowest BCUT2D eigenvalue weighted by atomic mass is 10.1. The zero-order chi connectivity index (χ0) is 18.2. The number of anilines is 1. The van der Waals surface area contributed by atoms with Crippen LogP contribution in [0.25, 0.3) is 11.2 Å². The lowest BCUT2D eigenvalue weighted by molar-refractivity contribution is 0.830. The van der Waals surface area contributed by atoms with E-state index in [1.165, 1.54) is 6.33 Å². The van der Waals surface area contributed by atoms with Gasteiger partial charge in [-0.05, 0) is 31.9 Å². The zero-order valence-corrected chi connectivity index (χ0v) is 15.2. The van der Waals surface area contributed by atoms with E-state index in [2.05, 4.69) is 49.1 Å². The molecule has 1 unspecified atom stereocenters. The van der Waals surface area contributed by atoms with Gasteiger partial charge in [-0.25, -0.2) is 15.0 Å². The summed E-state index contributed by atoms with van der Waals surface area (Å²) in [5, 5.41) is 6.80. The second kappa shape index (κ2) is 8.77. The van der Waals surface area contributed by atoms with Gasteiger partial charge in [0, 0.05) is 12.7 Å². The molecule has 0 aliphatic carbocycles. The number of nitrogens with zero attached hydrogens (tertiary/aromatic N) is 4. The topological polar surface area (TPSA) is 90.9 Å². The number of imidazole rings is 1. The van der Waals surface area contributed by atoms with E-state index < -0.39 is 0 Å². The molecule has 2 heterocycles. The molecule has 0 amide bonds. The number of aromatic amines is 1. The molecule has 0 aromatic carbocycles. The molecule has 1 atom stereocenters. The fraction of sp³-hybridized carbons (Fsp3) is 0.333. The van der Waals surface area contributed by atoms with E-state index in [1.807, 2.05) is 32.1 Å². The minimum atomic E-state index is -0.0419. The summed E-state index contributed by atoms with van der Waals surface area (Å²) >= 11 is 0. The SMILES string of the molecule is C=C(C)/C(=C\C=C/C)NC(=NC)C(CC)Nc1ncnc2nc[nH]c12. The number of hydrogen-bond acceptors (Lipinski definition) is 5. The molecule has 3 N–H and O–H groups in total. The molecule has 0 spiro atoms. The quantitative estimate of drug-likeness (QED) is 0.409. The molecule has 0 aliphatic heterocycles. The Bertz CT molecular complexity index is 814. The van der Waals surface area contributed by atoms with E-state index in [4.69, 9.17) is 0 Å². The highest BCUT2D eigenvalue weighted by molar-refractivity contribution is 5.93. The van der Waals surface area contributed by atoms with E-state index in [0.29, 0.717) is 11.5 Å². The molecule has 0 aliphatic rings. The second-order valence-corrected chi connectivity index (χ2v) is 5.55. The Kier molecular flexibility index (Phi) is 6.45. The minimum absolute atomic E-state index is 0.0419. The lowest BCUT2D eigenvalue weighted by Gasteiger charge is -2.22. The van der Waals surface area contributed by atoms with Crippen LogP contribution in [0.15, 0.2) is 53.7 Å².